The van der Waals surface area contributed by atoms with Crippen molar-refractivity contribution in [1.82, 2.24) is 9.88 Å². The molecular weight excluding hydrogens is 182 g/mol. The van der Waals surface area contributed by atoms with Gasteiger partial charge in [0.25, 0.3) is 0 Å². The zero-order valence-corrected chi connectivity index (χ0v) is 8.68. The van der Waals surface area contributed by atoms with Gasteiger partial charge in [-0.1, -0.05) is 0 Å². The summed E-state index contributed by atoms with van der Waals surface area (Å²) in [5, 5.41) is 1.15. The van der Waals surface area contributed by atoms with E-state index in [0.717, 1.165) is 18.1 Å². The summed E-state index contributed by atoms with van der Waals surface area (Å²) in [7, 11) is 0. The van der Waals surface area contributed by atoms with Crippen LogP contribution in [0.4, 0.5) is 0 Å². The molecule has 13 heavy (non-hydrogen) atoms. The number of aryl methyl sites for hydroxylation is 1. The molecule has 0 amide bonds. The predicted octanol–water partition coefficient (Wildman–Crippen LogP) is 0.985. The number of likely N-dealkylation sites (tertiary alicyclic amines) is 1. The van der Waals surface area contributed by atoms with E-state index in [2.05, 4.69) is 9.88 Å². The van der Waals surface area contributed by atoms with E-state index in [9.17, 15) is 0 Å². The van der Waals surface area contributed by atoms with Crippen molar-refractivity contribution in [2.45, 2.75) is 25.9 Å². The number of hydrogen-bond donors (Lipinski definition) is 1. The lowest BCUT2D eigenvalue weighted by Gasteiger charge is -2.39. The van der Waals surface area contributed by atoms with Crippen molar-refractivity contribution in [2.75, 3.05) is 13.1 Å². The molecule has 1 aromatic rings. The largest absolute Gasteiger partial charge is 0.329 e. The molecule has 2 rings (SSSR count). The maximum atomic E-state index is 5.63. The first kappa shape index (κ1) is 9.12. The Morgan fingerprint density at radius 1 is 1.77 bits per heavy atom. The Labute approximate surface area is 82.6 Å². The second kappa shape index (κ2) is 3.74. The highest BCUT2D eigenvalue weighted by Crippen LogP contribution is 2.22. The molecule has 1 saturated heterocycles. The molecule has 1 aromatic heterocycles. The van der Waals surface area contributed by atoms with E-state index in [1.165, 1.54) is 17.8 Å². The van der Waals surface area contributed by atoms with Crippen molar-refractivity contribution in [2.24, 2.45) is 5.73 Å². The number of nitrogens with two attached hydrogens (primary N) is 1. The Bertz CT molecular complexity index is 282. The van der Waals surface area contributed by atoms with E-state index in [0.29, 0.717) is 6.04 Å². The fourth-order valence-corrected chi connectivity index (χ4v) is 2.47. The molecule has 2 heterocycles. The second-order valence-electron chi connectivity index (χ2n) is 3.49. The van der Waals surface area contributed by atoms with Gasteiger partial charge in [-0.25, -0.2) is 4.98 Å². The Morgan fingerprint density at radius 3 is 3.08 bits per heavy atom. The highest BCUT2D eigenvalue weighted by molar-refractivity contribution is 7.11. The van der Waals surface area contributed by atoms with Gasteiger partial charge in [-0.05, 0) is 13.3 Å². The molecule has 0 saturated carbocycles. The molecule has 1 aliphatic heterocycles. The van der Waals surface area contributed by atoms with Gasteiger partial charge in [0.1, 0.15) is 0 Å². The van der Waals surface area contributed by atoms with Crippen LogP contribution in [0.25, 0.3) is 0 Å². The standard InChI is InChI=1S/C9H15N3S/c1-7-11-5-9(13-7)6-12-3-2-8(12)4-10/h5,8H,2-4,6,10H2,1H3. The SMILES string of the molecule is Cc1ncc(CN2CCC2CN)s1. The van der Waals surface area contributed by atoms with Gasteiger partial charge in [0.15, 0.2) is 0 Å². The molecule has 0 spiro atoms. The van der Waals surface area contributed by atoms with Crippen molar-refractivity contribution >= 4 is 11.3 Å². The molecule has 72 valence electrons. The zero-order chi connectivity index (χ0) is 9.26. The van der Waals surface area contributed by atoms with Crippen LogP contribution in [0.3, 0.4) is 0 Å². The van der Waals surface area contributed by atoms with E-state index in [1.807, 2.05) is 13.1 Å². The summed E-state index contributed by atoms with van der Waals surface area (Å²) in [6.07, 6.45) is 3.24. The number of aromatic nitrogens is 1. The van der Waals surface area contributed by atoms with Gasteiger partial charge in [-0.15, -0.1) is 11.3 Å². The first-order valence-corrected chi connectivity index (χ1v) is 5.46. The highest BCUT2D eigenvalue weighted by atomic mass is 32.1. The monoisotopic (exact) mass is 197 g/mol. The quantitative estimate of drug-likeness (QED) is 0.785. The Hall–Kier alpha value is -0.450. The molecule has 0 radical (unpaired) electrons. The lowest BCUT2D eigenvalue weighted by Crippen LogP contribution is -2.50. The van der Waals surface area contributed by atoms with Gasteiger partial charge >= 0.3 is 0 Å². The molecule has 4 heteroatoms. The van der Waals surface area contributed by atoms with Crippen LogP contribution in [0.5, 0.6) is 0 Å². The van der Waals surface area contributed by atoms with Crippen molar-refractivity contribution in [3.63, 3.8) is 0 Å². The lowest BCUT2D eigenvalue weighted by molar-refractivity contribution is 0.0894. The van der Waals surface area contributed by atoms with Gasteiger partial charge in [-0.3, -0.25) is 4.90 Å². The average molecular weight is 197 g/mol. The van der Waals surface area contributed by atoms with Gasteiger partial charge in [-0.2, -0.15) is 0 Å². The predicted molar refractivity (Wildman–Crippen MR) is 54.7 cm³/mol. The summed E-state index contributed by atoms with van der Waals surface area (Å²) in [6, 6.07) is 0.613. The van der Waals surface area contributed by atoms with Crippen molar-refractivity contribution in [3.05, 3.63) is 16.1 Å². The van der Waals surface area contributed by atoms with Crippen molar-refractivity contribution < 1.29 is 0 Å². The molecule has 1 fully saturated rings. The Morgan fingerprint density at radius 2 is 2.62 bits per heavy atom. The number of rotatable bonds is 3. The van der Waals surface area contributed by atoms with Crippen molar-refractivity contribution in [1.29, 1.82) is 0 Å². The molecule has 0 aliphatic carbocycles. The summed E-state index contributed by atoms with van der Waals surface area (Å²) in [5.41, 5.74) is 5.63. The molecule has 1 aliphatic rings. The first-order valence-electron chi connectivity index (χ1n) is 4.65. The molecule has 1 unspecified atom stereocenters. The fourth-order valence-electron chi connectivity index (χ4n) is 1.65. The maximum Gasteiger partial charge on any atom is 0.0897 e. The first-order chi connectivity index (χ1) is 6.29. The molecule has 2 N–H and O–H groups in total. The topological polar surface area (TPSA) is 42.2 Å². The number of nitrogens with zero attached hydrogens (tertiary/aromatic N) is 2. The number of hydrogen-bond acceptors (Lipinski definition) is 4. The minimum Gasteiger partial charge on any atom is -0.329 e. The zero-order valence-electron chi connectivity index (χ0n) is 7.86. The van der Waals surface area contributed by atoms with Gasteiger partial charge in [0, 0.05) is 36.8 Å². The smallest absolute Gasteiger partial charge is 0.0897 e. The summed E-state index contributed by atoms with van der Waals surface area (Å²) >= 11 is 1.78. The van der Waals surface area contributed by atoms with Crippen LogP contribution in [-0.4, -0.2) is 29.0 Å². The van der Waals surface area contributed by atoms with Gasteiger partial charge in [0.05, 0.1) is 5.01 Å². The molecule has 0 aromatic carbocycles. The minimum absolute atomic E-state index is 0.613. The van der Waals surface area contributed by atoms with Gasteiger partial charge < -0.3 is 5.73 Å². The summed E-state index contributed by atoms with van der Waals surface area (Å²) in [5.74, 6) is 0. The van der Waals surface area contributed by atoms with Crippen LogP contribution >= 0.6 is 11.3 Å². The molecule has 1 atom stereocenters. The van der Waals surface area contributed by atoms with Crippen LogP contribution in [0, 0.1) is 6.92 Å². The van der Waals surface area contributed by atoms with Crippen molar-refractivity contribution in [3.8, 4) is 0 Å². The van der Waals surface area contributed by atoms with Crippen LogP contribution in [0.15, 0.2) is 6.20 Å². The summed E-state index contributed by atoms with van der Waals surface area (Å²) in [4.78, 5) is 8.02. The van der Waals surface area contributed by atoms with Gasteiger partial charge in [0.2, 0.25) is 0 Å². The van der Waals surface area contributed by atoms with E-state index >= 15 is 0 Å². The summed E-state index contributed by atoms with van der Waals surface area (Å²) in [6.45, 7) is 5.06. The molecule has 3 nitrogen and oxygen atoms in total. The van der Waals surface area contributed by atoms with E-state index in [-0.39, 0.29) is 0 Å². The third-order valence-corrected chi connectivity index (χ3v) is 3.46. The fraction of sp³-hybridized carbons (Fsp3) is 0.667. The average Bonchev–Trinajstić information content (AvgIpc) is 2.46. The van der Waals surface area contributed by atoms with E-state index in [4.69, 9.17) is 5.73 Å². The lowest BCUT2D eigenvalue weighted by atomic mass is 10.0. The van der Waals surface area contributed by atoms with Crippen LogP contribution in [-0.2, 0) is 6.54 Å². The second-order valence-corrected chi connectivity index (χ2v) is 4.81. The highest BCUT2D eigenvalue weighted by Gasteiger charge is 2.26. The van der Waals surface area contributed by atoms with E-state index < -0.39 is 0 Å². The maximum absolute atomic E-state index is 5.63. The van der Waals surface area contributed by atoms with Crippen LogP contribution < -0.4 is 5.73 Å². The molecule has 0 bridgehead atoms. The van der Waals surface area contributed by atoms with E-state index in [1.54, 1.807) is 11.3 Å². The normalized spacial score (nSPS) is 23.1. The van der Waals surface area contributed by atoms with Crippen LogP contribution in [0.2, 0.25) is 0 Å². The molecular formula is C9H15N3S. The van der Waals surface area contributed by atoms with Crippen LogP contribution in [0.1, 0.15) is 16.3 Å². The minimum atomic E-state index is 0.613. The third kappa shape index (κ3) is 1.90. The Balaban J connectivity index is 1.91. The summed E-state index contributed by atoms with van der Waals surface area (Å²) < 4.78 is 0. The third-order valence-electron chi connectivity index (χ3n) is 2.57. The number of thiazole rings is 1. The Kier molecular flexibility index (Phi) is 2.62.